The highest BCUT2D eigenvalue weighted by atomic mass is 16.6. The highest BCUT2D eigenvalue weighted by Gasteiger charge is 2.24. The molecule has 0 radical (unpaired) electrons. The summed E-state index contributed by atoms with van der Waals surface area (Å²) in [5, 5.41) is 19.7. The van der Waals surface area contributed by atoms with Crippen LogP contribution in [0.5, 0.6) is 0 Å². The number of aliphatic imine (C=N–C) groups is 1. The van der Waals surface area contributed by atoms with Crippen LogP contribution in [0.15, 0.2) is 53.5 Å². The molecule has 0 unspecified atom stereocenters. The number of fused-ring (bicyclic) bond motifs is 3. The predicted octanol–water partition coefficient (Wildman–Crippen LogP) is 3.09. The topological polar surface area (TPSA) is 86.2 Å². The normalized spacial score (nSPS) is 12.8. The lowest BCUT2D eigenvalue weighted by atomic mass is 10.00. The third-order valence-corrected chi connectivity index (χ3v) is 4.23. The van der Waals surface area contributed by atoms with Crippen LogP contribution >= 0.6 is 0 Å². The molecule has 4 rings (SSSR count). The number of nitrogens with zero attached hydrogens (tertiary/aromatic N) is 5. The first-order valence-electron chi connectivity index (χ1n) is 8.01. The number of hydrogen-bond donors (Lipinski definition) is 0. The number of aromatic nitrogens is 3. The van der Waals surface area contributed by atoms with Gasteiger partial charge in [-0.05, 0) is 6.07 Å². The highest BCUT2D eigenvalue weighted by Crippen LogP contribution is 2.29. The molecule has 0 aliphatic carbocycles. The van der Waals surface area contributed by atoms with E-state index in [1.165, 1.54) is 6.07 Å². The fraction of sp³-hybridized carbons (Fsp3) is 0.167. The predicted molar refractivity (Wildman–Crippen MR) is 93.2 cm³/mol. The van der Waals surface area contributed by atoms with E-state index in [-0.39, 0.29) is 10.6 Å². The van der Waals surface area contributed by atoms with Gasteiger partial charge in [0.2, 0.25) is 0 Å². The van der Waals surface area contributed by atoms with E-state index in [1.54, 1.807) is 12.1 Å². The van der Waals surface area contributed by atoms with Gasteiger partial charge in [-0.25, -0.2) is 0 Å². The summed E-state index contributed by atoms with van der Waals surface area (Å²) in [5.74, 6) is 1.55. The summed E-state index contributed by atoms with van der Waals surface area (Å²) in [5.41, 5.74) is 3.22. The molecule has 7 heteroatoms. The summed E-state index contributed by atoms with van der Waals surface area (Å²) < 4.78 is 1.96. The van der Waals surface area contributed by atoms with Gasteiger partial charge in [-0.1, -0.05) is 37.3 Å². The zero-order valence-electron chi connectivity index (χ0n) is 13.6. The van der Waals surface area contributed by atoms with Crippen molar-refractivity contribution in [1.82, 2.24) is 14.8 Å². The van der Waals surface area contributed by atoms with Gasteiger partial charge in [0.1, 0.15) is 12.4 Å². The van der Waals surface area contributed by atoms with Gasteiger partial charge in [0.15, 0.2) is 5.82 Å². The molecule has 2 heterocycles. The van der Waals surface area contributed by atoms with Crippen LogP contribution in [-0.2, 0) is 13.0 Å². The Bertz CT molecular complexity index is 992. The number of non-ortho nitro benzene ring substituents is 1. The molecule has 1 aliphatic rings. The molecule has 124 valence electrons. The van der Waals surface area contributed by atoms with Gasteiger partial charge >= 0.3 is 0 Å². The fourth-order valence-electron chi connectivity index (χ4n) is 3.06. The number of nitro benzene ring substituents is 1. The Hall–Kier alpha value is -3.35. The lowest BCUT2D eigenvalue weighted by molar-refractivity contribution is -0.384. The van der Waals surface area contributed by atoms with Gasteiger partial charge in [0.05, 0.1) is 16.3 Å². The van der Waals surface area contributed by atoms with Crippen molar-refractivity contribution in [1.29, 1.82) is 0 Å². The van der Waals surface area contributed by atoms with E-state index in [1.807, 2.05) is 41.8 Å². The number of nitro groups is 1. The Morgan fingerprint density at radius 2 is 1.96 bits per heavy atom. The van der Waals surface area contributed by atoms with Crippen molar-refractivity contribution in [2.24, 2.45) is 4.99 Å². The van der Waals surface area contributed by atoms with Crippen molar-refractivity contribution in [3.8, 4) is 5.69 Å². The van der Waals surface area contributed by atoms with E-state index < -0.39 is 0 Å². The number of hydrogen-bond acceptors (Lipinski definition) is 5. The molecule has 1 aromatic heterocycles. The van der Waals surface area contributed by atoms with Crippen LogP contribution in [0.1, 0.15) is 29.7 Å². The Morgan fingerprint density at radius 1 is 1.16 bits per heavy atom. The third kappa shape index (κ3) is 2.50. The number of rotatable bonds is 3. The molecule has 1 aliphatic heterocycles. The molecular weight excluding hydrogens is 318 g/mol. The molecule has 0 atom stereocenters. The van der Waals surface area contributed by atoms with Gasteiger partial charge in [-0.2, -0.15) is 0 Å². The zero-order chi connectivity index (χ0) is 17.4. The van der Waals surface area contributed by atoms with Crippen molar-refractivity contribution in [3.63, 3.8) is 0 Å². The molecule has 7 nitrogen and oxygen atoms in total. The van der Waals surface area contributed by atoms with E-state index >= 15 is 0 Å². The van der Waals surface area contributed by atoms with Crippen LogP contribution < -0.4 is 0 Å². The molecule has 0 N–H and O–H groups in total. The van der Waals surface area contributed by atoms with E-state index in [9.17, 15) is 10.1 Å². The highest BCUT2D eigenvalue weighted by molar-refractivity contribution is 6.15. The van der Waals surface area contributed by atoms with Crippen molar-refractivity contribution >= 4 is 11.4 Å². The summed E-state index contributed by atoms with van der Waals surface area (Å²) >= 11 is 0. The van der Waals surface area contributed by atoms with Crippen LogP contribution in [-0.4, -0.2) is 25.4 Å². The standard InChI is InChI=1S/C18H15N5O2/c1-2-16-20-21-17-11-19-18(12-6-4-3-5-7-12)14-10-13(23(24)25)8-9-15(14)22(16)17/h3-10H,2,11H2,1H3. The smallest absolute Gasteiger partial charge is 0.270 e. The van der Waals surface area contributed by atoms with Crippen LogP contribution in [0.25, 0.3) is 5.69 Å². The Balaban J connectivity index is 2.01. The summed E-state index contributed by atoms with van der Waals surface area (Å²) in [7, 11) is 0. The molecule has 2 aromatic carbocycles. The average Bonchev–Trinajstić information content (AvgIpc) is 2.98. The van der Waals surface area contributed by atoms with Crippen molar-refractivity contribution < 1.29 is 4.92 Å². The number of benzene rings is 2. The third-order valence-electron chi connectivity index (χ3n) is 4.23. The maximum Gasteiger partial charge on any atom is 0.270 e. The largest absolute Gasteiger partial charge is 0.281 e. The monoisotopic (exact) mass is 333 g/mol. The first-order chi connectivity index (χ1) is 12.2. The molecule has 0 spiro atoms. The van der Waals surface area contributed by atoms with Gasteiger partial charge in [-0.3, -0.25) is 19.7 Å². The van der Waals surface area contributed by atoms with E-state index in [4.69, 9.17) is 4.99 Å². The first kappa shape index (κ1) is 15.2. The van der Waals surface area contributed by atoms with E-state index in [0.29, 0.717) is 18.5 Å². The minimum Gasteiger partial charge on any atom is -0.281 e. The average molecular weight is 333 g/mol. The summed E-state index contributed by atoms with van der Waals surface area (Å²) in [4.78, 5) is 15.6. The molecule has 0 fully saturated rings. The van der Waals surface area contributed by atoms with E-state index in [0.717, 1.165) is 28.6 Å². The quantitative estimate of drug-likeness (QED) is 0.544. The molecule has 0 saturated carbocycles. The summed E-state index contributed by atoms with van der Waals surface area (Å²) in [6.45, 7) is 2.38. The fourth-order valence-corrected chi connectivity index (χ4v) is 3.06. The molecule has 0 saturated heterocycles. The van der Waals surface area contributed by atoms with Crippen molar-refractivity contribution in [3.05, 3.63) is 81.4 Å². The van der Waals surface area contributed by atoms with Crippen LogP contribution in [0.2, 0.25) is 0 Å². The van der Waals surface area contributed by atoms with Crippen LogP contribution in [0.3, 0.4) is 0 Å². The SMILES string of the molecule is CCc1nnc2n1-c1ccc([N+](=O)[O-])cc1C(c1ccccc1)=NC2. The van der Waals surface area contributed by atoms with Crippen LogP contribution in [0.4, 0.5) is 5.69 Å². The van der Waals surface area contributed by atoms with Gasteiger partial charge in [0, 0.05) is 29.7 Å². The minimum absolute atomic E-state index is 0.0388. The van der Waals surface area contributed by atoms with E-state index in [2.05, 4.69) is 10.2 Å². The van der Waals surface area contributed by atoms with Gasteiger partial charge < -0.3 is 0 Å². The Labute approximate surface area is 143 Å². The van der Waals surface area contributed by atoms with Crippen LogP contribution in [0, 0.1) is 10.1 Å². The molecule has 3 aromatic rings. The minimum atomic E-state index is -0.387. The Morgan fingerprint density at radius 3 is 2.68 bits per heavy atom. The molecule has 25 heavy (non-hydrogen) atoms. The second-order valence-corrected chi connectivity index (χ2v) is 5.71. The first-order valence-corrected chi connectivity index (χ1v) is 8.01. The second-order valence-electron chi connectivity index (χ2n) is 5.71. The zero-order valence-corrected chi connectivity index (χ0v) is 13.6. The summed E-state index contributed by atoms with van der Waals surface area (Å²) in [6.07, 6.45) is 0.712. The second kappa shape index (κ2) is 5.94. The molecule has 0 amide bonds. The van der Waals surface area contributed by atoms with Crippen molar-refractivity contribution in [2.75, 3.05) is 0 Å². The van der Waals surface area contributed by atoms with Gasteiger partial charge in [-0.15, -0.1) is 10.2 Å². The van der Waals surface area contributed by atoms with Gasteiger partial charge in [0.25, 0.3) is 5.69 Å². The lowest BCUT2D eigenvalue weighted by Gasteiger charge is -2.13. The lowest BCUT2D eigenvalue weighted by Crippen LogP contribution is -2.10. The summed E-state index contributed by atoms with van der Waals surface area (Å²) in [6, 6.07) is 14.5. The number of aryl methyl sites for hydroxylation is 1. The van der Waals surface area contributed by atoms with Crippen molar-refractivity contribution in [2.45, 2.75) is 19.9 Å². The maximum atomic E-state index is 11.3. The molecular formula is C18H15N5O2. The molecule has 0 bridgehead atoms. The Kier molecular flexibility index (Phi) is 3.61. The maximum absolute atomic E-state index is 11.3.